The Labute approximate surface area is 201 Å². The van der Waals surface area contributed by atoms with Crippen LogP contribution in [0.3, 0.4) is 0 Å². The fourth-order valence-electron chi connectivity index (χ4n) is 4.85. The van der Waals surface area contributed by atoms with Gasteiger partial charge in [-0.1, -0.05) is 55.8 Å². The van der Waals surface area contributed by atoms with Gasteiger partial charge in [0.2, 0.25) is 0 Å². The van der Waals surface area contributed by atoms with Crippen molar-refractivity contribution in [2.75, 3.05) is 31.5 Å². The lowest BCUT2D eigenvalue weighted by atomic mass is 9.92. The van der Waals surface area contributed by atoms with Crippen LogP contribution in [-0.2, 0) is 0 Å². The summed E-state index contributed by atoms with van der Waals surface area (Å²) in [6.07, 6.45) is 3.92. The average molecular weight is 465 g/mol. The van der Waals surface area contributed by atoms with Crippen LogP contribution in [0.2, 0.25) is 5.02 Å². The highest BCUT2D eigenvalue weighted by atomic mass is 35.5. The Balaban J connectivity index is 1.42. The first-order chi connectivity index (χ1) is 15.9. The number of pyridine rings is 1. The predicted octanol–water partition coefficient (Wildman–Crippen LogP) is 6.04. The summed E-state index contributed by atoms with van der Waals surface area (Å²) in [5.74, 6) is 2.13. The van der Waals surface area contributed by atoms with Crippen LogP contribution in [0.1, 0.15) is 42.6 Å². The van der Waals surface area contributed by atoms with Crippen molar-refractivity contribution >= 4 is 39.8 Å². The minimum Gasteiger partial charge on any atom is -0.352 e. The Kier molecular flexibility index (Phi) is 7.51. The van der Waals surface area contributed by atoms with Gasteiger partial charge in [0, 0.05) is 41.9 Å². The molecule has 33 heavy (non-hydrogen) atoms. The highest BCUT2D eigenvalue weighted by Gasteiger charge is 2.21. The van der Waals surface area contributed by atoms with Gasteiger partial charge in [-0.3, -0.25) is 4.79 Å². The maximum atomic E-state index is 13.0. The summed E-state index contributed by atoms with van der Waals surface area (Å²) in [5, 5.41) is 8.92. The summed E-state index contributed by atoms with van der Waals surface area (Å²) < 4.78 is 0. The molecule has 0 saturated carbocycles. The first kappa shape index (κ1) is 23.5. The number of rotatable bonds is 7. The molecule has 3 aromatic rings. The van der Waals surface area contributed by atoms with Crippen molar-refractivity contribution < 1.29 is 4.79 Å². The molecule has 1 amide bonds. The van der Waals surface area contributed by atoms with Crippen molar-refractivity contribution in [2.24, 2.45) is 11.8 Å². The minimum absolute atomic E-state index is 0.0796. The molecule has 1 aliphatic heterocycles. The van der Waals surface area contributed by atoms with Gasteiger partial charge in [0.25, 0.3) is 5.91 Å². The lowest BCUT2D eigenvalue weighted by molar-refractivity contribution is 0.0948. The summed E-state index contributed by atoms with van der Waals surface area (Å²) in [6, 6.07) is 13.7. The first-order valence-electron chi connectivity index (χ1n) is 11.8. The van der Waals surface area contributed by atoms with E-state index in [0.717, 1.165) is 59.9 Å². The van der Waals surface area contributed by atoms with Crippen molar-refractivity contribution in [3.8, 4) is 0 Å². The number of aromatic nitrogens is 1. The van der Waals surface area contributed by atoms with E-state index in [9.17, 15) is 4.79 Å². The van der Waals surface area contributed by atoms with Crippen LogP contribution in [0.15, 0.2) is 48.7 Å². The monoisotopic (exact) mass is 464 g/mol. The number of amides is 1. The first-order valence-corrected chi connectivity index (χ1v) is 12.2. The molecule has 174 valence electrons. The quantitative estimate of drug-likeness (QED) is 0.418. The van der Waals surface area contributed by atoms with Gasteiger partial charge in [0.05, 0.1) is 5.56 Å². The van der Waals surface area contributed by atoms with Crippen molar-refractivity contribution in [1.29, 1.82) is 0 Å². The summed E-state index contributed by atoms with van der Waals surface area (Å²) in [4.78, 5) is 20.1. The van der Waals surface area contributed by atoms with Crippen molar-refractivity contribution in [3.63, 3.8) is 0 Å². The van der Waals surface area contributed by atoms with Gasteiger partial charge < -0.3 is 15.5 Å². The molecule has 0 aliphatic carbocycles. The Morgan fingerprint density at radius 2 is 1.85 bits per heavy atom. The maximum absolute atomic E-state index is 13.0. The molecule has 2 N–H and O–H groups in total. The largest absolute Gasteiger partial charge is 0.352 e. The van der Waals surface area contributed by atoms with Gasteiger partial charge in [0.1, 0.15) is 5.82 Å². The Bertz CT molecular complexity index is 1120. The second kappa shape index (κ2) is 10.5. The number of nitrogens with zero attached hydrogens (tertiary/aromatic N) is 2. The summed E-state index contributed by atoms with van der Waals surface area (Å²) in [6.45, 7) is 10.6. The number of fused-ring (bicyclic) bond motifs is 1. The third kappa shape index (κ3) is 5.84. The normalized spacial score (nSPS) is 18.9. The molecule has 2 atom stereocenters. The number of piperidine rings is 1. The number of likely N-dealkylation sites (tertiary alicyclic amines) is 1. The van der Waals surface area contributed by atoms with Gasteiger partial charge in [-0.25, -0.2) is 4.98 Å². The molecule has 0 spiro atoms. The number of anilines is 2. The zero-order valence-electron chi connectivity index (χ0n) is 19.7. The van der Waals surface area contributed by atoms with Crippen molar-refractivity contribution in [1.82, 2.24) is 15.2 Å². The number of benzene rings is 2. The third-order valence-electron chi connectivity index (χ3n) is 6.36. The second-order valence-electron chi connectivity index (χ2n) is 9.47. The molecular formula is C27H33ClN4O. The SMILES string of the molecule is Cc1ccc(Nc2ncc(C(=O)NCCCN3C[C@H](C)C[C@H](C)C3)c3ccccc23)cc1Cl. The van der Waals surface area contributed by atoms with Crippen LogP contribution in [0.5, 0.6) is 0 Å². The molecule has 1 aromatic heterocycles. The lowest BCUT2D eigenvalue weighted by Gasteiger charge is -2.34. The van der Waals surface area contributed by atoms with E-state index in [-0.39, 0.29) is 5.91 Å². The summed E-state index contributed by atoms with van der Waals surface area (Å²) in [5.41, 5.74) is 2.48. The second-order valence-corrected chi connectivity index (χ2v) is 9.88. The molecular weight excluding hydrogens is 432 g/mol. The number of nitrogens with one attached hydrogen (secondary N) is 2. The number of carbonyl (C=O) groups excluding carboxylic acids is 1. The van der Waals surface area contributed by atoms with Crippen LogP contribution < -0.4 is 10.6 Å². The van der Waals surface area contributed by atoms with Gasteiger partial charge >= 0.3 is 0 Å². The fourth-order valence-corrected chi connectivity index (χ4v) is 5.04. The van der Waals surface area contributed by atoms with E-state index in [1.54, 1.807) is 6.20 Å². The number of aryl methyl sites for hydroxylation is 1. The molecule has 0 bridgehead atoms. The Hall–Kier alpha value is -2.63. The van der Waals surface area contributed by atoms with E-state index in [1.807, 2.05) is 49.4 Å². The lowest BCUT2D eigenvalue weighted by Crippen LogP contribution is -2.40. The average Bonchev–Trinajstić information content (AvgIpc) is 2.78. The van der Waals surface area contributed by atoms with Gasteiger partial charge in [-0.15, -0.1) is 0 Å². The molecule has 0 radical (unpaired) electrons. The minimum atomic E-state index is -0.0796. The van der Waals surface area contributed by atoms with Gasteiger partial charge in [-0.05, 0) is 61.2 Å². The van der Waals surface area contributed by atoms with Crippen molar-refractivity contribution in [3.05, 3.63) is 64.8 Å². The van der Waals surface area contributed by atoms with E-state index in [0.29, 0.717) is 22.9 Å². The smallest absolute Gasteiger partial charge is 0.253 e. The van der Waals surface area contributed by atoms with E-state index in [1.165, 1.54) is 6.42 Å². The van der Waals surface area contributed by atoms with Crippen LogP contribution in [0.4, 0.5) is 11.5 Å². The standard InChI is InChI=1S/C27H33ClN4O/c1-18-13-19(2)17-32(16-18)12-6-11-29-27(33)24-15-30-26(23-8-5-4-7-22(23)24)31-21-10-9-20(3)25(28)14-21/h4-5,7-10,14-15,18-19H,6,11-13,16-17H2,1-3H3,(H,29,33)(H,30,31)/t18-,19+. The molecule has 6 heteroatoms. The van der Waals surface area contributed by atoms with Gasteiger partial charge in [0.15, 0.2) is 0 Å². The number of hydrogen-bond acceptors (Lipinski definition) is 4. The zero-order valence-corrected chi connectivity index (χ0v) is 20.5. The molecule has 2 aromatic carbocycles. The molecule has 4 rings (SSSR count). The molecule has 2 heterocycles. The van der Waals surface area contributed by atoms with Crippen LogP contribution in [0.25, 0.3) is 10.8 Å². The topological polar surface area (TPSA) is 57.3 Å². The Morgan fingerprint density at radius 1 is 1.12 bits per heavy atom. The highest BCUT2D eigenvalue weighted by molar-refractivity contribution is 6.31. The van der Waals surface area contributed by atoms with E-state index < -0.39 is 0 Å². The maximum Gasteiger partial charge on any atom is 0.253 e. The Morgan fingerprint density at radius 3 is 2.58 bits per heavy atom. The molecule has 1 fully saturated rings. The van der Waals surface area contributed by atoms with E-state index in [2.05, 4.69) is 34.4 Å². The highest BCUT2D eigenvalue weighted by Crippen LogP contribution is 2.29. The molecule has 0 unspecified atom stereocenters. The summed E-state index contributed by atoms with van der Waals surface area (Å²) >= 11 is 6.27. The van der Waals surface area contributed by atoms with Crippen molar-refractivity contribution in [2.45, 2.75) is 33.6 Å². The van der Waals surface area contributed by atoms with Crippen LogP contribution >= 0.6 is 11.6 Å². The van der Waals surface area contributed by atoms with Gasteiger partial charge in [-0.2, -0.15) is 0 Å². The number of carbonyl (C=O) groups is 1. The molecule has 5 nitrogen and oxygen atoms in total. The van der Waals surface area contributed by atoms with E-state index >= 15 is 0 Å². The zero-order chi connectivity index (χ0) is 23.4. The van der Waals surface area contributed by atoms with E-state index in [4.69, 9.17) is 11.6 Å². The molecule has 1 aliphatic rings. The molecule has 1 saturated heterocycles. The van der Waals surface area contributed by atoms with Crippen LogP contribution in [0, 0.1) is 18.8 Å². The number of hydrogen-bond donors (Lipinski definition) is 2. The third-order valence-corrected chi connectivity index (χ3v) is 6.76. The number of halogens is 1. The van der Waals surface area contributed by atoms with Crippen LogP contribution in [-0.4, -0.2) is 42.0 Å². The predicted molar refractivity (Wildman–Crippen MR) is 138 cm³/mol. The summed E-state index contributed by atoms with van der Waals surface area (Å²) in [7, 11) is 0. The fraction of sp³-hybridized carbons (Fsp3) is 0.407.